The summed E-state index contributed by atoms with van der Waals surface area (Å²) in [5.41, 5.74) is 1.23. The second-order valence-electron chi connectivity index (χ2n) is 8.02. The Labute approximate surface area is 213 Å². The van der Waals surface area contributed by atoms with Crippen LogP contribution in [-0.2, 0) is 26.2 Å². The van der Waals surface area contributed by atoms with Crippen LogP contribution >= 0.6 is 11.6 Å². The fraction of sp³-hybridized carbons (Fsp3) is 0.440. The van der Waals surface area contributed by atoms with E-state index in [0.29, 0.717) is 29.5 Å². The molecule has 192 valence electrons. The van der Waals surface area contributed by atoms with Gasteiger partial charge in [-0.25, -0.2) is 8.42 Å². The molecule has 0 saturated heterocycles. The molecule has 0 unspecified atom stereocenters. The summed E-state index contributed by atoms with van der Waals surface area (Å²) in [4.78, 5) is 27.3. The van der Waals surface area contributed by atoms with Crippen molar-refractivity contribution in [2.24, 2.45) is 0 Å². The third kappa shape index (κ3) is 8.14. The molecule has 2 aromatic rings. The first-order valence-electron chi connectivity index (χ1n) is 11.6. The maximum Gasteiger partial charge on any atom is 0.242 e. The lowest BCUT2D eigenvalue weighted by atomic mass is 10.1. The van der Waals surface area contributed by atoms with Crippen molar-refractivity contribution < 1.29 is 22.7 Å². The topological polar surface area (TPSA) is 96.0 Å². The fourth-order valence-electron chi connectivity index (χ4n) is 3.78. The Morgan fingerprint density at radius 1 is 1.09 bits per heavy atom. The number of anilines is 1. The molecule has 0 spiro atoms. The summed E-state index contributed by atoms with van der Waals surface area (Å²) in [6, 6.07) is 13.3. The highest BCUT2D eigenvalue weighted by molar-refractivity contribution is 7.92. The van der Waals surface area contributed by atoms with Crippen LogP contribution < -0.4 is 14.4 Å². The normalized spacial score (nSPS) is 12.0. The Hall–Kier alpha value is -2.78. The first kappa shape index (κ1) is 28.5. The van der Waals surface area contributed by atoms with Crippen LogP contribution in [0.4, 0.5) is 5.69 Å². The third-order valence-corrected chi connectivity index (χ3v) is 7.08. The van der Waals surface area contributed by atoms with Crippen molar-refractivity contribution in [2.75, 3.05) is 30.8 Å². The van der Waals surface area contributed by atoms with Gasteiger partial charge < -0.3 is 15.0 Å². The quantitative estimate of drug-likeness (QED) is 0.430. The first-order valence-corrected chi connectivity index (χ1v) is 13.8. The van der Waals surface area contributed by atoms with Crippen LogP contribution in [0.5, 0.6) is 5.75 Å². The molecule has 0 radical (unpaired) electrons. The van der Waals surface area contributed by atoms with E-state index in [0.717, 1.165) is 11.8 Å². The zero-order chi connectivity index (χ0) is 26.0. The summed E-state index contributed by atoms with van der Waals surface area (Å²) >= 11 is 6.31. The summed E-state index contributed by atoms with van der Waals surface area (Å²) in [6.45, 7) is 4.52. The molecule has 0 aliphatic rings. The highest BCUT2D eigenvalue weighted by atomic mass is 35.5. The second kappa shape index (κ2) is 13.3. The summed E-state index contributed by atoms with van der Waals surface area (Å²) in [7, 11) is -2.04. The van der Waals surface area contributed by atoms with Gasteiger partial charge in [-0.2, -0.15) is 0 Å². The second-order valence-corrected chi connectivity index (χ2v) is 10.3. The number of nitrogens with one attached hydrogen (secondary N) is 1. The molecule has 2 aromatic carbocycles. The molecule has 8 nitrogen and oxygen atoms in total. The average molecular weight is 524 g/mol. The van der Waals surface area contributed by atoms with Gasteiger partial charge in [0.1, 0.15) is 11.8 Å². The van der Waals surface area contributed by atoms with Crippen molar-refractivity contribution in [1.82, 2.24) is 10.2 Å². The van der Waals surface area contributed by atoms with Crippen molar-refractivity contribution in [3.05, 3.63) is 59.1 Å². The molecule has 1 N–H and O–H groups in total. The third-order valence-electron chi connectivity index (χ3n) is 5.52. The number of carbonyl (C=O) groups is 2. The van der Waals surface area contributed by atoms with E-state index in [9.17, 15) is 18.0 Å². The number of benzene rings is 2. The molecule has 0 aliphatic carbocycles. The predicted molar refractivity (Wildman–Crippen MR) is 139 cm³/mol. The molecule has 0 aromatic heterocycles. The largest absolute Gasteiger partial charge is 0.494 e. The fourth-order valence-corrected chi connectivity index (χ4v) is 4.94. The van der Waals surface area contributed by atoms with Gasteiger partial charge >= 0.3 is 0 Å². The summed E-state index contributed by atoms with van der Waals surface area (Å²) in [5.74, 6) is 0.135. The molecule has 0 bridgehead atoms. The van der Waals surface area contributed by atoms with Crippen molar-refractivity contribution in [2.45, 2.75) is 45.7 Å². The minimum Gasteiger partial charge on any atom is -0.494 e. The molecule has 2 amide bonds. The van der Waals surface area contributed by atoms with Gasteiger partial charge in [0.25, 0.3) is 0 Å². The first-order chi connectivity index (χ1) is 16.6. The zero-order valence-electron chi connectivity index (χ0n) is 20.7. The van der Waals surface area contributed by atoms with E-state index in [-0.39, 0.29) is 37.7 Å². The van der Waals surface area contributed by atoms with Gasteiger partial charge in [0.05, 0.1) is 18.6 Å². The van der Waals surface area contributed by atoms with Gasteiger partial charge in [-0.15, -0.1) is 0 Å². The lowest BCUT2D eigenvalue weighted by Crippen LogP contribution is -2.48. The van der Waals surface area contributed by atoms with Gasteiger partial charge in [-0.1, -0.05) is 36.7 Å². The maximum absolute atomic E-state index is 13.3. The molecule has 1 atom stereocenters. The van der Waals surface area contributed by atoms with E-state index >= 15 is 0 Å². The maximum atomic E-state index is 13.3. The van der Waals surface area contributed by atoms with Crippen LogP contribution in [0, 0.1) is 0 Å². The van der Waals surface area contributed by atoms with Crippen molar-refractivity contribution in [3.63, 3.8) is 0 Å². The van der Waals surface area contributed by atoms with Crippen LogP contribution in [-0.4, -0.2) is 57.6 Å². The van der Waals surface area contributed by atoms with Crippen molar-refractivity contribution in [3.8, 4) is 5.75 Å². The Bertz CT molecular complexity index is 1090. The van der Waals surface area contributed by atoms with Crippen LogP contribution in [0.15, 0.2) is 48.5 Å². The Morgan fingerprint density at radius 2 is 1.74 bits per heavy atom. The number of ether oxygens (including phenoxy) is 1. The minimum atomic E-state index is -3.57. The molecule has 0 saturated carbocycles. The van der Waals surface area contributed by atoms with Crippen molar-refractivity contribution in [1.29, 1.82) is 0 Å². The molecular formula is C25H34ClN3O5S. The van der Waals surface area contributed by atoms with E-state index in [1.165, 1.54) is 16.3 Å². The monoisotopic (exact) mass is 523 g/mol. The predicted octanol–water partition coefficient (Wildman–Crippen LogP) is 3.84. The summed E-state index contributed by atoms with van der Waals surface area (Å²) < 4.78 is 31.6. The Balaban J connectivity index is 2.18. The lowest BCUT2D eigenvalue weighted by molar-refractivity contribution is -0.141. The number of amides is 2. The van der Waals surface area contributed by atoms with Gasteiger partial charge in [0, 0.05) is 31.6 Å². The molecule has 0 fully saturated rings. The van der Waals surface area contributed by atoms with Gasteiger partial charge in [0.15, 0.2) is 0 Å². The van der Waals surface area contributed by atoms with E-state index in [4.69, 9.17) is 16.3 Å². The van der Waals surface area contributed by atoms with Crippen molar-refractivity contribution >= 4 is 39.1 Å². The standard InChI is InChI=1S/C25H34ClN3O5S/c1-5-23(25(31)27-3)28(18-19-10-7-8-11-22(19)26)24(30)12-9-17-29(35(4,32)33)20-13-15-21(16-14-20)34-6-2/h7-8,10-11,13-16,23H,5-6,9,12,17-18H2,1-4H3,(H,27,31)/t23-/m0/s1. The number of carbonyl (C=O) groups excluding carboxylic acids is 2. The Kier molecular flexibility index (Phi) is 10.9. The molecule has 35 heavy (non-hydrogen) atoms. The number of sulfonamides is 1. The minimum absolute atomic E-state index is 0.0704. The highest BCUT2D eigenvalue weighted by Crippen LogP contribution is 2.23. The van der Waals surface area contributed by atoms with E-state index in [1.54, 1.807) is 36.4 Å². The molecule has 10 heteroatoms. The van der Waals surface area contributed by atoms with Gasteiger partial charge in [-0.05, 0) is 55.7 Å². The van der Waals surface area contributed by atoms with Crippen LogP contribution in [0.25, 0.3) is 0 Å². The van der Waals surface area contributed by atoms with E-state index in [1.807, 2.05) is 26.0 Å². The summed E-state index contributed by atoms with van der Waals surface area (Å²) in [5, 5.41) is 3.13. The van der Waals surface area contributed by atoms with Crippen LogP contribution in [0.3, 0.4) is 0 Å². The molecular weight excluding hydrogens is 490 g/mol. The Morgan fingerprint density at radius 3 is 2.29 bits per heavy atom. The zero-order valence-corrected chi connectivity index (χ0v) is 22.2. The molecule has 0 heterocycles. The number of halogens is 1. The van der Waals surface area contributed by atoms with Gasteiger partial charge in [0.2, 0.25) is 21.8 Å². The average Bonchev–Trinajstić information content (AvgIpc) is 2.82. The van der Waals surface area contributed by atoms with E-state index in [2.05, 4.69) is 5.32 Å². The summed E-state index contributed by atoms with van der Waals surface area (Å²) in [6.07, 6.45) is 1.91. The number of rotatable bonds is 13. The smallest absolute Gasteiger partial charge is 0.242 e. The highest BCUT2D eigenvalue weighted by Gasteiger charge is 2.28. The van der Waals surface area contributed by atoms with Gasteiger partial charge in [-0.3, -0.25) is 13.9 Å². The number of likely N-dealkylation sites (N-methyl/N-ethyl adjacent to an activating group) is 1. The van der Waals surface area contributed by atoms with E-state index < -0.39 is 16.1 Å². The SMILES string of the molecule is CCOc1ccc(N(CCCC(=O)N(Cc2ccccc2Cl)[C@@H](CC)C(=O)NC)S(C)(=O)=O)cc1. The van der Waals surface area contributed by atoms with Crippen LogP contribution in [0.2, 0.25) is 5.02 Å². The lowest BCUT2D eigenvalue weighted by Gasteiger charge is -2.31. The van der Waals surface area contributed by atoms with Crippen LogP contribution in [0.1, 0.15) is 38.7 Å². The molecule has 2 rings (SSSR count). The molecule has 0 aliphatic heterocycles. The number of hydrogen-bond acceptors (Lipinski definition) is 5. The number of nitrogens with zero attached hydrogens (tertiary/aromatic N) is 2. The number of hydrogen-bond donors (Lipinski definition) is 1.